The van der Waals surface area contributed by atoms with Crippen molar-refractivity contribution < 1.29 is 23.2 Å². The molecule has 0 fully saturated rings. The van der Waals surface area contributed by atoms with E-state index in [1.54, 1.807) is 11.0 Å². The number of amides is 1. The molecule has 1 amide bonds. The fourth-order valence-electron chi connectivity index (χ4n) is 4.21. The highest BCUT2D eigenvalue weighted by Gasteiger charge is 2.28. The summed E-state index contributed by atoms with van der Waals surface area (Å²) in [7, 11) is 0. The van der Waals surface area contributed by atoms with E-state index in [9.17, 15) is 4.79 Å². The molecular weight excluding hydrogens is 422 g/mol. The smallest absolute Gasteiger partial charge is 0.259 e. The van der Waals surface area contributed by atoms with Gasteiger partial charge in [0.25, 0.3) is 11.6 Å². The number of nitrogens with zero attached hydrogens (tertiary/aromatic N) is 3. The van der Waals surface area contributed by atoms with Gasteiger partial charge in [0, 0.05) is 12.1 Å². The SMILES string of the molecule is CCN(CC1COc2ccccc2O1)C(=O)c1cc(-c2cc(C)oc2C)nc2onc(C)c12. The molecule has 0 bridgehead atoms. The number of aromatic nitrogens is 2. The van der Waals surface area contributed by atoms with Gasteiger partial charge in [-0.05, 0) is 52.0 Å². The van der Waals surface area contributed by atoms with Crippen molar-refractivity contribution >= 4 is 17.0 Å². The van der Waals surface area contributed by atoms with E-state index >= 15 is 0 Å². The Morgan fingerprint density at radius 1 is 1.15 bits per heavy atom. The van der Waals surface area contributed by atoms with Crippen molar-refractivity contribution in [3.63, 3.8) is 0 Å². The second kappa shape index (κ2) is 8.27. The molecular formula is C25H25N3O5. The first-order valence-electron chi connectivity index (χ1n) is 11.0. The molecule has 8 heteroatoms. The minimum absolute atomic E-state index is 0.141. The zero-order chi connectivity index (χ0) is 23.1. The molecule has 0 radical (unpaired) electrons. The lowest BCUT2D eigenvalue weighted by molar-refractivity contribution is 0.0476. The minimum Gasteiger partial charge on any atom is -0.486 e. The lowest BCUT2D eigenvalue weighted by Gasteiger charge is -2.31. The summed E-state index contributed by atoms with van der Waals surface area (Å²) in [5, 5.41) is 4.67. The van der Waals surface area contributed by atoms with E-state index in [-0.39, 0.29) is 12.0 Å². The van der Waals surface area contributed by atoms with E-state index in [4.69, 9.17) is 18.4 Å². The predicted octanol–water partition coefficient (Wildman–Crippen LogP) is 4.71. The van der Waals surface area contributed by atoms with Crippen LogP contribution in [0.4, 0.5) is 0 Å². The molecule has 1 unspecified atom stereocenters. The molecule has 4 heterocycles. The van der Waals surface area contributed by atoms with Crippen molar-refractivity contribution in [2.45, 2.75) is 33.8 Å². The van der Waals surface area contributed by atoms with Crippen LogP contribution in [0, 0.1) is 20.8 Å². The molecule has 0 aliphatic carbocycles. The first-order valence-corrected chi connectivity index (χ1v) is 11.0. The van der Waals surface area contributed by atoms with Crippen molar-refractivity contribution in [1.82, 2.24) is 15.0 Å². The number of likely N-dealkylation sites (N-methyl/N-ethyl adjacent to an activating group) is 1. The van der Waals surface area contributed by atoms with E-state index in [2.05, 4.69) is 10.1 Å². The Bertz CT molecular complexity index is 1340. The van der Waals surface area contributed by atoms with Crippen LogP contribution in [0.5, 0.6) is 11.5 Å². The van der Waals surface area contributed by atoms with Gasteiger partial charge in [0.15, 0.2) is 17.6 Å². The summed E-state index contributed by atoms with van der Waals surface area (Å²) in [6.07, 6.45) is -0.275. The number of aryl methyl sites for hydroxylation is 3. The van der Waals surface area contributed by atoms with Gasteiger partial charge in [-0.25, -0.2) is 4.98 Å². The molecule has 1 aliphatic heterocycles. The van der Waals surface area contributed by atoms with Gasteiger partial charge < -0.3 is 23.3 Å². The van der Waals surface area contributed by atoms with Gasteiger partial charge in [-0.3, -0.25) is 4.79 Å². The van der Waals surface area contributed by atoms with Crippen LogP contribution < -0.4 is 9.47 Å². The lowest BCUT2D eigenvalue weighted by atomic mass is 10.0. The zero-order valence-electron chi connectivity index (χ0n) is 19.0. The second-order valence-electron chi connectivity index (χ2n) is 8.17. The standard InChI is InChI=1S/C25H25N3O5/c1-5-28(12-17-13-30-21-8-6-7-9-22(21)32-17)25(29)19-11-20(18-10-14(2)31-16(18)4)26-24-23(19)15(3)27-33-24/h6-11,17H,5,12-13H2,1-4H3. The number of para-hydroxylation sites is 2. The van der Waals surface area contributed by atoms with E-state index in [1.165, 1.54) is 0 Å². The summed E-state index contributed by atoms with van der Waals surface area (Å²) < 4.78 is 23.0. The number of hydrogen-bond donors (Lipinski definition) is 0. The van der Waals surface area contributed by atoms with Crippen LogP contribution >= 0.6 is 0 Å². The number of rotatable bonds is 5. The van der Waals surface area contributed by atoms with Gasteiger partial charge in [0.2, 0.25) is 0 Å². The van der Waals surface area contributed by atoms with Crippen LogP contribution in [0.1, 0.15) is 34.5 Å². The van der Waals surface area contributed by atoms with Crippen LogP contribution in [0.2, 0.25) is 0 Å². The first-order chi connectivity index (χ1) is 15.9. The van der Waals surface area contributed by atoms with Gasteiger partial charge in [-0.2, -0.15) is 0 Å². The Kier molecular flexibility index (Phi) is 5.28. The summed E-state index contributed by atoms with van der Waals surface area (Å²) in [5.41, 5.74) is 2.87. The molecule has 0 spiro atoms. The Morgan fingerprint density at radius 2 is 1.94 bits per heavy atom. The summed E-state index contributed by atoms with van der Waals surface area (Å²) >= 11 is 0. The highest BCUT2D eigenvalue weighted by Crippen LogP contribution is 2.33. The Hall–Kier alpha value is -3.81. The normalized spacial score (nSPS) is 15.1. The Balaban J connectivity index is 1.49. The van der Waals surface area contributed by atoms with Crippen LogP contribution in [0.15, 0.2) is 45.3 Å². The molecule has 1 aromatic carbocycles. The van der Waals surface area contributed by atoms with Crippen molar-refractivity contribution in [3.05, 3.63) is 59.2 Å². The molecule has 1 aliphatic rings. The van der Waals surface area contributed by atoms with Crippen molar-refractivity contribution in [2.75, 3.05) is 19.7 Å². The molecule has 33 heavy (non-hydrogen) atoms. The van der Waals surface area contributed by atoms with Gasteiger partial charge >= 0.3 is 0 Å². The topological polar surface area (TPSA) is 90.8 Å². The van der Waals surface area contributed by atoms with E-state index in [0.29, 0.717) is 53.5 Å². The van der Waals surface area contributed by atoms with Gasteiger partial charge in [0.1, 0.15) is 18.1 Å². The highest BCUT2D eigenvalue weighted by molar-refractivity contribution is 6.07. The Morgan fingerprint density at radius 3 is 2.67 bits per heavy atom. The average Bonchev–Trinajstić information content (AvgIpc) is 3.37. The van der Waals surface area contributed by atoms with Crippen LogP contribution in [-0.4, -0.2) is 46.7 Å². The molecule has 0 N–H and O–H groups in total. The van der Waals surface area contributed by atoms with Crippen LogP contribution in [-0.2, 0) is 0 Å². The lowest BCUT2D eigenvalue weighted by Crippen LogP contribution is -2.43. The number of carbonyl (C=O) groups excluding carboxylic acids is 1. The van der Waals surface area contributed by atoms with Crippen molar-refractivity contribution in [3.8, 4) is 22.8 Å². The molecule has 8 nitrogen and oxygen atoms in total. The molecule has 4 aromatic rings. The van der Waals surface area contributed by atoms with E-state index in [0.717, 1.165) is 22.8 Å². The minimum atomic E-state index is -0.275. The second-order valence-corrected chi connectivity index (χ2v) is 8.17. The number of pyridine rings is 1. The third-order valence-corrected chi connectivity index (χ3v) is 5.82. The monoisotopic (exact) mass is 447 g/mol. The summed E-state index contributed by atoms with van der Waals surface area (Å²) in [4.78, 5) is 20.1. The van der Waals surface area contributed by atoms with Gasteiger partial charge in [-0.1, -0.05) is 17.3 Å². The van der Waals surface area contributed by atoms with Crippen molar-refractivity contribution in [1.29, 1.82) is 0 Å². The fourth-order valence-corrected chi connectivity index (χ4v) is 4.21. The number of hydrogen-bond acceptors (Lipinski definition) is 7. The van der Waals surface area contributed by atoms with E-state index < -0.39 is 0 Å². The first kappa shape index (κ1) is 21.1. The summed E-state index contributed by atoms with van der Waals surface area (Å²) in [6.45, 7) is 8.77. The molecule has 170 valence electrons. The predicted molar refractivity (Wildman–Crippen MR) is 122 cm³/mol. The van der Waals surface area contributed by atoms with Crippen molar-refractivity contribution in [2.24, 2.45) is 0 Å². The summed E-state index contributed by atoms with van der Waals surface area (Å²) in [5.74, 6) is 2.77. The molecule has 0 saturated carbocycles. The van der Waals surface area contributed by atoms with Gasteiger partial charge in [-0.15, -0.1) is 0 Å². The average molecular weight is 447 g/mol. The maximum absolute atomic E-state index is 13.7. The number of furan rings is 1. The largest absolute Gasteiger partial charge is 0.486 e. The zero-order valence-corrected chi connectivity index (χ0v) is 19.0. The van der Waals surface area contributed by atoms with Crippen LogP contribution in [0.3, 0.4) is 0 Å². The molecule has 1 atom stereocenters. The quantitative estimate of drug-likeness (QED) is 0.438. The highest BCUT2D eigenvalue weighted by atomic mass is 16.6. The number of benzene rings is 1. The van der Waals surface area contributed by atoms with Crippen LogP contribution in [0.25, 0.3) is 22.4 Å². The number of carbonyl (C=O) groups is 1. The molecule has 0 saturated heterocycles. The maximum atomic E-state index is 13.7. The Labute approximate surface area is 191 Å². The maximum Gasteiger partial charge on any atom is 0.259 e. The number of ether oxygens (including phenoxy) is 2. The summed E-state index contributed by atoms with van der Waals surface area (Å²) in [6, 6.07) is 11.2. The van der Waals surface area contributed by atoms with Gasteiger partial charge in [0.05, 0.1) is 28.9 Å². The number of fused-ring (bicyclic) bond motifs is 2. The molecule has 3 aromatic heterocycles. The fraction of sp³-hybridized carbons (Fsp3) is 0.320. The third-order valence-electron chi connectivity index (χ3n) is 5.82. The molecule has 5 rings (SSSR count). The van der Waals surface area contributed by atoms with E-state index in [1.807, 2.05) is 58.0 Å². The third kappa shape index (κ3) is 3.82.